The van der Waals surface area contributed by atoms with Crippen molar-refractivity contribution in [2.24, 2.45) is 5.11 Å². The zero-order valence-electron chi connectivity index (χ0n) is 12.9. The number of hydrogen-bond donors (Lipinski definition) is 3. The van der Waals surface area contributed by atoms with E-state index in [1.54, 1.807) is 6.07 Å². The van der Waals surface area contributed by atoms with Gasteiger partial charge in [-0.3, -0.25) is 19.7 Å². The van der Waals surface area contributed by atoms with Crippen LogP contribution in [0.2, 0.25) is 0 Å². The zero-order valence-corrected chi connectivity index (χ0v) is 12.9. The number of imide groups is 1. The number of piperidine rings is 1. The molecule has 8 heteroatoms. The van der Waals surface area contributed by atoms with Crippen LogP contribution in [0.4, 0.5) is 5.69 Å². The van der Waals surface area contributed by atoms with Crippen LogP contribution in [0, 0.1) is 5.53 Å². The molecule has 0 radical (unpaired) electrons. The second-order valence-electron chi connectivity index (χ2n) is 5.43. The van der Waals surface area contributed by atoms with Gasteiger partial charge in [0.15, 0.2) is 0 Å². The molecule has 1 aliphatic rings. The van der Waals surface area contributed by atoms with Gasteiger partial charge in [-0.1, -0.05) is 0 Å². The van der Waals surface area contributed by atoms with Crippen molar-refractivity contribution in [3.63, 3.8) is 0 Å². The van der Waals surface area contributed by atoms with Crippen molar-refractivity contribution in [3.05, 3.63) is 23.8 Å². The lowest BCUT2D eigenvalue weighted by Crippen LogP contribution is -2.52. The maximum Gasteiger partial charge on any atom is 0.254 e. The number of carbonyl (C=O) groups excluding carboxylic acids is 3. The minimum Gasteiger partial charge on any atom is -0.491 e. The fraction of sp³-hybridized carbons (Fsp3) is 0.400. The lowest BCUT2D eigenvalue weighted by Gasteiger charge is -2.22. The Morgan fingerprint density at radius 2 is 2.17 bits per heavy atom. The van der Waals surface area contributed by atoms with Gasteiger partial charge in [0.1, 0.15) is 11.8 Å². The van der Waals surface area contributed by atoms with Crippen molar-refractivity contribution in [2.45, 2.75) is 38.8 Å². The number of hydrogen-bond acceptors (Lipinski definition) is 6. The molecule has 1 heterocycles. The molecule has 8 nitrogen and oxygen atoms in total. The van der Waals surface area contributed by atoms with E-state index in [0.717, 1.165) is 0 Å². The Labute approximate surface area is 133 Å². The topological polar surface area (TPSA) is 121 Å². The van der Waals surface area contributed by atoms with E-state index in [1.807, 2.05) is 13.8 Å². The molecule has 3 N–H and O–H groups in total. The summed E-state index contributed by atoms with van der Waals surface area (Å²) in [6.45, 7) is 3.71. The SMILES string of the molecule is CC(C)Oc1ccc(N=N)c(C(=O)NC2CCC(=O)NC2=O)c1. The average Bonchev–Trinajstić information content (AvgIpc) is 2.49. The summed E-state index contributed by atoms with van der Waals surface area (Å²) in [4.78, 5) is 35.2. The van der Waals surface area contributed by atoms with Crippen molar-refractivity contribution in [1.29, 1.82) is 5.53 Å². The van der Waals surface area contributed by atoms with Crippen molar-refractivity contribution in [1.82, 2.24) is 10.6 Å². The quantitative estimate of drug-likeness (QED) is 0.565. The summed E-state index contributed by atoms with van der Waals surface area (Å²) in [6, 6.07) is 3.82. The zero-order chi connectivity index (χ0) is 17.0. The molecular formula is C15H18N4O4. The number of nitrogens with one attached hydrogen (secondary N) is 3. The van der Waals surface area contributed by atoms with Gasteiger partial charge in [-0.25, -0.2) is 5.53 Å². The fourth-order valence-corrected chi connectivity index (χ4v) is 2.21. The van der Waals surface area contributed by atoms with Gasteiger partial charge >= 0.3 is 0 Å². The number of carbonyl (C=O) groups is 3. The summed E-state index contributed by atoms with van der Waals surface area (Å²) >= 11 is 0. The molecule has 1 aliphatic heterocycles. The van der Waals surface area contributed by atoms with E-state index in [1.165, 1.54) is 12.1 Å². The molecule has 1 unspecified atom stereocenters. The van der Waals surface area contributed by atoms with Crippen LogP contribution < -0.4 is 15.4 Å². The summed E-state index contributed by atoms with van der Waals surface area (Å²) in [5.74, 6) is -0.955. The number of nitrogens with zero attached hydrogens (tertiary/aromatic N) is 1. The van der Waals surface area contributed by atoms with Crippen LogP contribution in [0.3, 0.4) is 0 Å². The molecule has 2 rings (SSSR count). The van der Waals surface area contributed by atoms with E-state index in [-0.39, 0.29) is 36.1 Å². The van der Waals surface area contributed by atoms with Crippen LogP contribution in [0.15, 0.2) is 23.3 Å². The minimum atomic E-state index is -0.784. The lowest BCUT2D eigenvalue weighted by molar-refractivity contribution is -0.134. The average molecular weight is 318 g/mol. The van der Waals surface area contributed by atoms with E-state index in [9.17, 15) is 14.4 Å². The van der Waals surface area contributed by atoms with Crippen LogP contribution in [0.1, 0.15) is 37.0 Å². The van der Waals surface area contributed by atoms with Gasteiger partial charge in [-0.15, -0.1) is 0 Å². The second kappa shape index (κ2) is 6.99. The first-order valence-corrected chi connectivity index (χ1v) is 7.23. The summed E-state index contributed by atoms with van der Waals surface area (Å²) < 4.78 is 5.52. The predicted octanol–water partition coefficient (Wildman–Crippen LogP) is 1.67. The van der Waals surface area contributed by atoms with E-state index in [4.69, 9.17) is 10.3 Å². The lowest BCUT2D eigenvalue weighted by atomic mass is 10.0. The Hall–Kier alpha value is -2.77. The van der Waals surface area contributed by atoms with Crippen molar-refractivity contribution in [2.75, 3.05) is 0 Å². The van der Waals surface area contributed by atoms with Crippen LogP contribution in [0.25, 0.3) is 0 Å². The van der Waals surface area contributed by atoms with E-state index in [0.29, 0.717) is 5.75 Å². The van der Waals surface area contributed by atoms with Gasteiger partial charge in [0, 0.05) is 6.42 Å². The smallest absolute Gasteiger partial charge is 0.254 e. The van der Waals surface area contributed by atoms with Crippen LogP contribution >= 0.6 is 0 Å². The third kappa shape index (κ3) is 4.12. The highest BCUT2D eigenvalue weighted by atomic mass is 16.5. The molecule has 0 bridgehead atoms. The molecule has 122 valence electrons. The number of benzene rings is 1. The van der Waals surface area contributed by atoms with Crippen molar-refractivity contribution in [3.8, 4) is 5.75 Å². The molecule has 0 spiro atoms. The highest BCUT2D eigenvalue weighted by Crippen LogP contribution is 2.25. The van der Waals surface area contributed by atoms with Crippen molar-refractivity contribution >= 4 is 23.4 Å². The van der Waals surface area contributed by atoms with Crippen molar-refractivity contribution < 1.29 is 19.1 Å². The highest BCUT2D eigenvalue weighted by Gasteiger charge is 2.28. The Kier molecular flexibility index (Phi) is 5.05. The second-order valence-corrected chi connectivity index (χ2v) is 5.43. The maximum atomic E-state index is 12.4. The molecule has 0 aromatic heterocycles. The highest BCUT2D eigenvalue weighted by molar-refractivity contribution is 6.05. The van der Waals surface area contributed by atoms with Crippen LogP contribution in [-0.2, 0) is 9.59 Å². The van der Waals surface area contributed by atoms with Gasteiger partial charge in [-0.2, -0.15) is 5.11 Å². The van der Waals surface area contributed by atoms with Crippen LogP contribution in [0.5, 0.6) is 5.75 Å². The number of ether oxygens (including phenoxy) is 1. The monoisotopic (exact) mass is 318 g/mol. The molecule has 23 heavy (non-hydrogen) atoms. The summed E-state index contributed by atoms with van der Waals surface area (Å²) in [5, 5.41) is 8.05. The van der Waals surface area contributed by atoms with Crippen LogP contribution in [-0.4, -0.2) is 29.9 Å². The van der Waals surface area contributed by atoms with E-state index < -0.39 is 17.9 Å². The molecule has 1 saturated heterocycles. The first-order valence-electron chi connectivity index (χ1n) is 7.23. The summed E-state index contributed by atoms with van der Waals surface area (Å²) in [7, 11) is 0. The van der Waals surface area contributed by atoms with Gasteiger partial charge < -0.3 is 10.1 Å². The Bertz CT molecular complexity index is 657. The molecule has 3 amide bonds. The van der Waals surface area contributed by atoms with Gasteiger partial charge in [-0.05, 0) is 38.5 Å². The Morgan fingerprint density at radius 3 is 2.78 bits per heavy atom. The first kappa shape index (κ1) is 16.6. The minimum absolute atomic E-state index is 0.0696. The maximum absolute atomic E-state index is 12.4. The molecule has 1 aromatic carbocycles. The van der Waals surface area contributed by atoms with Gasteiger partial charge in [0.25, 0.3) is 5.91 Å². The molecular weight excluding hydrogens is 300 g/mol. The van der Waals surface area contributed by atoms with Gasteiger partial charge in [0.05, 0.1) is 17.4 Å². The largest absolute Gasteiger partial charge is 0.491 e. The van der Waals surface area contributed by atoms with E-state index in [2.05, 4.69) is 15.7 Å². The molecule has 1 fully saturated rings. The van der Waals surface area contributed by atoms with E-state index >= 15 is 0 Å². The first-order chi connectivity index (χ1) is 10.9. The molecule has 1 aromatic rings. The predicted molar refractivity (Wildman–Crippen MR) is 80.7 cm³/mol. The molecule has 0 aliphatic carbocycles. The number of amides is 3. The molecule has 1 atom stereocenters. The Morgan fingerprint density at radius 1 is 1.43 bits per heavy atom. The number of rotatable bonds is 5. The summed E-state index contributed by atoms with van der Waals surface area (Å²) in [5.41, 5.74) is 7.47. The normalized spacial score (nSPS) is 17.6. The third-order valence-corrected chi connectivity index (χ3v) is 3.25. The fourth-order valence-electron chi connectivity index (χ4n) is 2.21. The Balaban J connectivity index is 2.18. The van der Waals surface area contributed by atoms with Gasteiger partial charge in [0.2, 0.25) is 11.8 Å². The summed E-state index contributed by atoms with van der Waals surface area (Å²) in [6.07, 6.45) is 0.342. The molecule has 0 saturated carbocycles. The third-order valence-electron chi connectivity index (χ3n) is 3.25. The standard InChI is InChI=1S/C15H18N4O4/c1-8(2)23-9-3-4-11(19-16)10(7-9)14(21)17-12-5-6-13(20)18-15(12)22/h3-4,7-8,12,16H,5-6H2,1-2H3,(H,17,21)(H,18,20,22).